The first-order valence-corrected chi connectivity index (χ1v) is 9.21. The van der Waals surface area contributed by atoms with Crippen LogP contribution in [0.2, 0.25) is 0 Å². The highest BCUT2D eigenvalue weighted by Gasteiger charge is 2.35. The molecule has 0 unspecified atom stereocenters. The largest absolute Gasteiger partial charge is 0.497 e. The molecule has 144 valence electrons. The predicted molar refractivity (Wildman–Crippen MR) is 102 cm³/mol. The second-order valence-corrected chi connectivity index (χ2v) is 6.95. The summed E-state index contributed by atoms with van der Waals surface area (Å²) in [6.07, 6.45) is -4.56. The van der Waals surface area contributed by atoms with E-state index in [1.165, 1.54) is 11.3 Å². The number of nitrogens with zero attached hydrogens (tertiary/aromatic N) is 3. The molecule has 0 saturated carbocycles. The number of thiophene rings is 1. The number of fused-ring (bicyclic) bond motifs is 1. The molecule has 0 bridgehead atoms. The van der Waals surface area contributed by atoms with Crippen molar-refractivity contribution < 1.29 is 17.9 Å². The van der Waals surface area contributed by atoms with E-state index in [4.69, 9.17) is 4.74 Å². The fraction of sp³-hybridized carbons (Fsp3) is 0.158. The maximum absolute atomic E-state index is 13.6. The van der Waals surface area contributed by atoms with Crippen molar-refractivity contribution in [1.82, 2.24) is 14.6 Å². The number of alkyl halides is 3. The van der Waals surface area contributed by atoms with Gasteiger partial charge in [0.15, 0.2) is 11.3 Å². The highest BCUT2D eigenvalue weighted by Crippen LogP contribution is 2.33. The molecular formula is C19H15F3N4OS. The quantitative estimate of drug-likeness (QED) is 0.503. The lowest BCUT2D eigenvalue weighted by Crippen LogP contribution is -2.14. The Hall–Kier alpha value is -3.07. The molecule has 1 N–H and O–H groups in total. The summed E-state index contributed by atoms with van der Waals surface area (Å²) < 4.78 is 46.6. The number of anilines is 1. The molecule has 0 spiro atoms. The number of methoxy groups -OCH3 is 1. The summed E-state index contributed by atoms with van der Waals surface area (Å²) >= 11 is 1.41. The Kier molecular flexibility index (Phi) is 4.68. The number of benzene rings is 1. The van der Waals surface area contributed by atoms with E-state index in [2.05, 4.69) is 15.4 Å². The normalized spacial score (nSPS) is 11.7. The van der Waals surface area contributed by atoms with Gasteiger partial charge in [-0.25, -0.2) is 9.50 Å². The second-order valence-electron chi connectivity index (χ2n) is 6.00. The van der Waals surface area contributed by atoms with Crippen molar-refractivity contribution in [3.63, 3.8) is 0 Å². The van der Waals surface area contributed by atoms with E-state index in [-0.39, 0.29) is 11.5 Å². The van der Waals surface area contributed by atoms with Gasteiger partial charge < -0.3 is 10.1 Å². The van der Waals surface area contributed by atoms with Crippen molar-refractivity contribution >= 4 is 22.8 Å². The lowest BCUT2D eigenvalue weighted by atomic mass is 10.2. The van der Waals surface area contributed by atoms with Crippen LogP contribution in [-0.4, -0.2) is 21.7 Å². The maximum Gasteiger partial charge on any atom is 0.433 e. The summed E-state index contributed by atoms with van der Waals surface area (Å²) in [5.41, 5.74) is 0.608. The molecule has 0 amide bonds. The molecular weight excluding hydrogens is 389 g/mol. The number of hydrogen-bond donors (Lipinski definition) is 1. The molecule has 0 aliphatic rings. The molecule has 0 atom stereocenters. The first kappa shape index (κ1) is 18.3. The van der Waals surface area contributed by atoms with Crippen LogP contribution in [0.4, 0.5) is 19.0 Å². The van der Waals surface area contributed by atoms with Crippen molar-refractivity contribution in [3.05, 3.63) is 65.2 Å². The highest BCUT2D eigenvalue weighted by atomic mass is 32.1. The minimum Gasteiger partial charge on any atom is -0.497 e. The molecule has 1 aromatic carbocycles. The Labute approximate surface area is 162 Å². The van der Waals surface area contributed by atoms with Crippen LogP contribution in [0, 0.1) is 0 Å². The van der Waals surface area contributed by atoms with Crippen LogP contribution in [0.25, 0.3) is 16.2 Å². The third kappa shape index (κ3) is 3.65. The summed E-state index contributed by atoms with van der Waals surface area (Å²) in [6, 6.07) is 13.4. The number of aromatic nitrogens is 3. The molecule has 0 fully saturated rings. The second kappa shape index (κ2) is 7.16. The van der Waals surface area contributed by atoms with Gasteiger partial charge in [-0.15, -0.1) is 11.3 Å². The van der Waals surface area contributed by atoms with Crippen molar-refractivity contribution in [2.75, 3.05) is 12.4 Å². The third-order valence-corrected chi connectivity index (χ3v) is 5.02. The van der Waals surface area contributed by atoms with E-state index in [1.54, 1.807) is 25.3 Å². The summed E-state index contributed by atoms with van der Waals surface area (Å²) in [6.45, 7) is 0.330. The standard InChI is InChI=1S/C19H15F3N4OS/c1-27-13-6-4-12(5-7-13)11-23-17-10-16(19(20,21)22)26-18(24-17)9-14(25-26)15-3-2-8-28-15/h2-10H,11H2,1H3,(H,23,24). The summed E-state index contributed by atoms with van der Waals surface area (Å²) in [4.78, 5) is 5.08. The van der Waals surface area contributed by atoms with Crippen LogP contribution < -0.4 is 10.1 Å². The lowest BCUT2D eigenvalue weighted by molar-refractivity contribution is -0.142. The first-order valence-electron chi connectivity index (χ1n) is 8.33. The van der Waals surface area contributed by atoms with Crippen molar-refractivity contribution in [2.45, 2.75) is 12.7 Å². The van der Waals surface area contributed by atoms with Crippen LogP contribution in [0.5, 0.6) is 5.75 Å². The van der Waals surface area contributed by atoms with E-state index in [9.17, 15) is 13.2 Å². The smallest absolute Gasteiger partial charge is 0.433 e. The molecule has 0 saturated heterocycles. The van der Waals surface area contributed by atoms with Gasteiger partial charge in [0, 0.05) is 18.7 Å². The van der Waals surface area contributed by atoms with Crippen molar-refractivity contribution in [2.24, 2.45) is 0 Å². The number of halogens is 3. The first-order chi connectivity index (χ1) is 13.4. The Morgan fingerprint density at radius 2 is 1.93 bits per heavy atom. The van der Waals surface area contributed by atoms with Crippen LogP contribution in [-0.2, 0) is 12.7 Å². The van der Waals surface area contributed by atoms with Gasteiger partial charge in [-0.2, -0.15) is 18.3 Å². The molecule has 9 heteroatoms. The minimum absolute atomic E-state index is 0.133. The molecule has 3 heterocycles. The SMILES string of the molecule is COc1ccc(CNc2cc(C(F)(F)F)n3nc(-c4cccs4)cc3n2)cc1. The Bertz CT molecular complexity index is 1090. The van der Waals surface area contributed by atoms with Gasteiger partial charge in [-0.05, 0) is 29.1 Å². The molecule has 4 rings (SSSR count). The van der Waals surface area contributed by atoms with E-state index < -0.39 is 11.9 Å². The topological polar surface area (TPSA) is 51.5 Å². The maximum atomic E-state index is 13.6. The van der Waals surface area contributed by atoms with E-state index in [0.29, 0.717) is 18.0 Å². The Morgan fingerprint density at radius 1 is 1.14 bits per heavy atom. The van der Waals surface area contributed by atoms with Crippen LogP contribution >= 0.6 is 11.3 Å². The summed E-state index contributed by atoms with van der Waals surface area (Å²) in [7, 11) is 1.57. The van der Waals surface area contributed by atoms with Gasteiger partial charge >= 0.3 is 6.18 Å². The van der Waals surface area contributed by atoms with Gasteiger partial charge in [0.1, 0.15) is 17.3 Å². The zero-order valence-corrected chi connectivity index (χ0v) is 15.5. The summed E-state index contributed by atoms with van der Waals surface area (Å²) in [5, 5.41) is 8.91. The number of rotatable bonds is 5. The van der Waals surface area contributed by atoms with Gasteiger partial charge in [0.25, 0.3) is 0 Å². The molecule has 28 heavy (non-hydrogen) atoms. The molecule has 0 radical (unpaired) electrons. The van der Waals surface area contributed by atoms with Crippen molar-refractivity contribution in [3.8, 4) is 16.3 Å². The van der Waals surface area contributed by atoms with Crippen molar-refractivity contribution in [1.29, 1.82) is 0 Å². The van der Waals surface area contributed by atoms with Gasteiger partial charge in [-0.1, -0.05) is 18.2 Å². The zero-order chi connectivity index (χ0) is 19.7. The van der Waals surface area contributed by atoms with Gasteiger partial charge in [0.2, 0.25) is 0 Å². The van der Waals surface area contributed by atoms with Crippen LogP contribution in [0.3, 0.4) is 0 Å². The number of hydrogen-bond acceptors (Lipinski definition) is 5. The van der Waals surface area contributed by atoms with Gasteiger partial charge in [0.05, 0.1) is 12.0 Å². The third-order valence-electron chi connectivity index (χ3n) is 4.12. The van der Waals surface area contributed by atoms with E-state index in [1.807, 2.05) is 29.6 Å². The average molecular weight is 404 g/mol. The highest BCUT2D eigenvalue weighted by molar-refractivity contribution is 7.13. The Morgan fingerprint density at radius 3 is 2.57 bits per heavy atom. The molecule has 5 nitrogen and oxygen atoms in total. The zero-order valence-electron chi connectivity index (χ0n) is 14.7. The molecule has 0 aliphatic heterocycles. The van der Waals surface area contributed by atoms with E-state index >= 15 is 0 Å². The predicted octanol–water partition coefficient (Wildman–Crippen LogP) is 5.10. The fourth-order valence-electron chi connectivity index (χ4n) is 2.75. The minimum atomic E-state index is -4.56. The molecule has 3 aromatic heterocycles. The molecule has 4 aromatic rings. The Balaban J connectivity index is 1.68. The summed E-state index contributed by atoms with van der Waals surface area (Å²) in [5.74, 6) is 0.844. The van der Waals surface area contributed by atoms with Gasteiger partial charge in [-0.3, -0.25) is 0 Å². The number of nitrogens with one attached hydrogen (secondary N) is 1. The van der Waals surface area contributed by atoms with Crippen LogP contribution in [0.1, 0.15) is 11.3 Å². The van der Waals surface area contributed by atoms with Crippen LogP contribution in [0.15, 0.2) is 53.9 Å². The average Bonchev–Trinajstić information content (AvgIpc) is 3.34. The lowest BCUT2D eigenvalue weighted by Gasteiger charge is -2.12. The molecule has 0 aliphatic carbocycles. The van der Waals surface area contributed by atoms with E-state index in [0.717, 1.165) is 21.0 Å². The fourth-order valence-corrected chi connectivity index (χ4v) is 3.43. The monoisotopic (exact) mass is 404 g/mol. The number of ether oxygens (including phenoxy) is 1.